The van der Waals surface area contributed by atoms with Gasteiger partial charge in [-0.1, -0.05) is 12.1 Å². The van der Waals surface area contributed by atoms with E-state index < -0.39 is 23.9 Å². The minimum atomic E-state index is -4.50. The Balaban J connectivity index is 1.64. The highest BCUT2D eigenvalue weighted by Crippen LogP contribution is 2.33. The fourth-order valence-electron chi connectivity index (χ4n) is 3.78. The van der Waals surface area contributed by atoms with Crippen molar-refractivity contribution in [3.63, 3.8) is 0 Å². The Hall–Kier alpha value is -3.63. The number of halogens is 3. The minimum absolute atomic E-state index is 0.231. The lowest BCUT2D eigenvalue weighted by molar-refractivity contribution is -0.138. The number of methoxy groups -OCH3 is 2. The van der Waals surface area contributed by atoms with Crippen molar-refractivity contribution in [1.82, 2.24) is 4.90 Å². The molecule has 184 valence electrons. The van der Waals surface area contributed by atoms with Gasteiger partial charge in [0.25, 0.3) is 0 Å². The third-order valence-electron chi connectivity index (χ3n) is 5.59. The summed E-state index contributed by atoms with van der Waals surface area (Å²) >= 11 is 0. The molecule has 2 N–H and O–H groups in total. The molecule has 1 unspecified atom stereocenters. The van der Waals surface area contributed by atoms with Crippen molar-refractivity contribution in [1.29, 1.82) is 0 Å². The van der Waals surface area contributed by atoms with Gasteiger partial charge in [0, 0.05) is 37.9 Å². The minimum Gasteiger partial charge on any atom is -0.493 e. The highest BCUT2D eigenvalue weighted by Gasteiger charge is 2.31. The van der Waals surface area contributed by atoms with Crippen molar-refractivity contribution < 1.29 is 37.0 Å². The normalized spacial score (nSPS) is 15.0. The fraction of sp³-hybridized carbons (Fsp3) is 0.391. The van der Waals surface area contributed by atoms with Gasteiger partial charge in [0.2, 0.25) is 5.91 Å². The van der Waals surface area contributed by atoms with E-state index >= 15 is 0 Å². The average Bonchev–Trinajstić information content (AvgIpc) is 2.82. The van der Waals surface area contributed by atoms with Crippen LogP contribution in [-0.2, 0) is 15.7 Å². The molecule has 1 fully saturated rings. The van der Waals surface area contributed by atoms with Crippen molar-refractivity contribution in [2.45, 2.75) is 18.7 Å². The molecular weight excluding hydrogens is 455 g/mol. The third kappa shape index (κ3) is 6.03. The molecule has 0 bridgehead atoms. The molecule has 1 atom stereocenters. The monoisotopic (exact) mass is 481 g/mol. The summed E-state index contributed by atoms with van der Waals surface area (Å²) in [6.45, 7) is 1.96. The topological polar surface area (TPSA) is 94.3 Å². The Morgan fingerprint density at radius 1 is 0.971 bits per heavy atom. The van der Waals surface area contributed by atoms with Crippen LogP contribution in [-0.4, -0.2) is 57.3 Å². The van der Waals surface area contributed by atoms with E-state index in [1.807, 2.05) is 18.2 Å². The molecule has 2 aromatic carbocycles. The van der Waals surface area contributed by atoms with Crippen LogP contribution in [0.25, 0.3) is 0 Å². The van der Waals surface area contributed by atoms with Crippen molar-refractivity contribution >= 4 is 17.7 Å². The van der Waals surface area contributed by atoms with Crippen LogP contribution in [0.3, 0.4) is 0 Å². The fourth-order valence-corrected chi connectivity index (χ4v) is 3.78. The number of carbonyl (C=O) groups excluding carboxylic acids is 2. The molecular formula is C23H26F3N3O5. The van der Waals surface area contributed by atoms with E-state index in [0.29, 0.717) is 37.7 Å². The summed E-state index contributed by atoms with van der Waals surface area (Å²) in [5.41, 5.74) is 5.45. The summed E-state index contributed by atoms with van der Waals surface area (Å²) in [5, 5.41) is 0. The van der Waals surface area contributed by atoms with Crippen LogP contribution in [0.15, 0.2) is 42.5 Å². The maximum absolute atomic E-state index is 12.9. The van der Waals surface area contributed by atoms with Crippen LogP contribution in [0.1, 0.15) is 23.7 Å². The Bertz CT molecular complexity index is 1010. The second-order valence-electron chi connectivity index (χ2n) is 7.66. The number of alkyl halides is 3. The van der Waals surface area contributed by atoms with Crippen LogP contribution < -0.4 is 20.1 Å². The zero-order valence-electron chi connectivity index (χ0n) is 18.8. The second-order valence-corrected chi connectivity index (χ2v) is 7.66. The number of piperazine rings is 1. The number of nitrogens with zero attached hydrogens (tertiary/aromatic N) is 2. The first-order valence-electron chi connectivity index (χ1n) is 10.5. The number of primary amides is 1. The Morgan fingerprint density at radius 3 is 2.12 bits per heavy atom. The van der Waals surface area contributed by atoms with Crippen molar-refractivity contribution in [2.75, 3.05) is 45.3 Å². The van der Waals surface area contributed by atoms with E-state index in [4.69, 9.17) is 19.9 Å². The number of anilines is 1. The van der Waals surface area contributed by atoms with E-state index in [1.54, 1.807) is 19.1 Å². The summed E-state index contributed by atoms with van der Waals surface area (Å²) < 4.78 is 54.1. The van der Waals surface area contributed by atoms with Crippen LogP contribution >= 0.6 is 0 Å². The highest BCUT2D eigenvalue weighted by atomic mass is 19.4. The molecule has 2 aromatic rings. The molecule has 2 amide bonds. The zero-order valence-corrected chi connectivity index (χ0v) is 18.8. The summed E-state index contributed by atoms with van der Waals surface area (Å²) in [6.07, 6.45) is -6.93. The van der Waals surface area contributed by atoms with Gasteiger partial charge in [0.1, 0.15) is 6.10 Å². The summed E-state index contributed by atoms with van der Waals surface area (Å²) in [7, 11) is 3.11. The second kappa shape index (κ2) is 10.5. The predicted molar refractivity (Wildman–Crippen MR) is 118 cm³/mol. The van der Waals surface area contributed by atoms with Crippen LogP contribution in [0.5, 0.6) is 11.5 Å². The number of nitrogens with two attached hydrogens (primary N) is 1. The van der Waals surface area contributed by atoms with Gasteiger partial charge in [-0.15, -0.1) is 0 Å². The molecule has 0 aromatic heterocycles. The molecule has 0 spiro atoms. The smallest absolute Gasteiger partial charge is 0.416 e. The molecule has 0 aliphatic carbocycles. The van der Waals surface area contributed by atoms with E-state index in [1.165, 1.54) is 12.1 Å². The molecule has 34 heavy (non-hydrogen) atoms. The molecule has 0 saturated carbocycles. The Labute approximate surface area is 195 Å². The van der Waals surface area contributed by atoms with Gasteiger partial charge in [-0.2, -0.15) is 13.2 Å². The summed E-state index contributed by atoms with van der Waals surface area (Å²) in [4.78, 5) is 27.9. The van der Waals surface area contributed by atoms with Gasteiger partial charge in [0.15, 0.2) is 11.5 Å². The third-order valence-corrected chi connectivity index (χ3v) is 5.59. The first-order chi connectivity index (χ1) is 16.1. The molecule has 0 radical (unpaired) electrons. The molecule has 1 saturated heterocycles. The number of ether oxygens (including phenoxy) is 3. The molecule has 1 heterocycles. The van der Waals surface area contributed by atoms with E-state index in [-0.39, 0.29) is 17.9 Å². The van der Waals surface area contributed by atoms with Crippen LogP contribution in [0.4, 0.5) is 23.7 Å². The van der Waals surface area contributed by atoms with Crippen molar-refractivity contribution in [3.8, 4) is 11.5 Å². The SMILES string of the molecule is COc1ccc(N2CCN(C(=O)CC(OC(N)=O)c3ccc(C(F)(F)F)cc3)CC2)cc1OC. The predicted octanol–water partition coefficient (Wildman–Crippen LogP) is 3.60. The molecule has 8 nitrogen and oxygen atoms in total. The van der Waals surface area contributed by atoms with Gasteiger partial charge < -0.3 is 29.7 Å². The summed E-state index contributed by atoms with van der Waals surface area (Å²) in [5.74, 6) is 0.920. The number of hydrogen-bond acceptors (Lipinski definition) is 6. The number of hydrogen-bond donors (Lipinski definition) is 1. The molecule has 3 rings (SSSR count). The lowest BCUT2D eigenvalue weighted by Gasteiger charge is -2.36. The molecule has 11 heteroatoms. The van der Waals surface area contributed by atoms with E-state index in [9.17, 15) is 22.8 Å². The van der Waals surface area contributed by atoms with Gasteiger partial charge in [-0.05, 0) is 29.8 Å². The number of amides is 2. The van der Waals surface area contributed by atoms with Gasteiger partial charge in [0.05, 0.1) is 26.2 Å². The maximum Gasteiger partial charge on any atom is 0.416 e. The van der Waals surface area contributed by atoms with E-state index in [2.05, 4.69) is 4.90 Å². The first kappa shape index (κ1) is 25.0. The summed E-state index contributed by atoms with van der Waals surface area (Å²) in [6, 6.07) is 9.68. The largest absolute Gasteiger partial charge is 0.493 e. The van der Waals surface area contributed by atoms with Crippen molar-refractivity contribution in [2.24, 2.45) is 5.73 Å². The number of carbonyl (C=O) groups is 2. The lowest BCUT2D eigenvalue weighted by Crippen LogP contribution is -2.49. The molecule has 1 aliphatic rings. The standard InChI is InChI=1S/C23H26F3N3O5/c1-32-18-8-7-17(13-20(18)33-2)28-9-11-29(12-10-28)21(30)14-19(34-22(27)31)15-3-5-16(6-4-15)23(24,25)26/h3-8,13,19H,9-12,14H2,1-2H3,(H2,27,31). The van der Waals surface area contributed by atoms with Crippen LogP contribution in [0.2, 0.25) is 0 Å². The Kier molecular flexibility index (Phi) is 7.75. The highest BCUT2D eigenvalue weighted by molar-refractivity contribution is 5.78. The zero-order chi connectivity index (χ0) is 24.9. The van der Waals surface area contributed by atoms with Crippen LogP contribution in [0, 0.1) is 0 Å². The Morgan fingerprint density at radius 2 is 1.59 bits per heavy atom. The quantitative estimate of drug-likeness (QED) is 0.650. The maximum atomic E-state index is 12.9. The lowest BCUT2D eigenvalue weighted by atomic mass is 10.0. The first-order valence-corrected chi connectivity index (χ1v) is 10.5. The van der Waals surface area contributed by atoms with Gasteiger partial charge in [-0.25, -0.2) is 4.79 Å². The number of rotatable bonds is 7. The van der Waals surface area contributed by atoms with Crippen molar-refractivity contribution in [3.05, 3.63) is 53.6 Å². The van der Waals surface area contributed by atoms with Gasteiger partial charge >= 0.3 is 12.3 Å². The van der Waals surface area contributed by atoms with Gasteiger partial charge in [-0.3, -0.25) is 4.79 Å². The molecule has 1 aliphatic heterocycles. The average molecular weight is 481 g/mol. The number of benzene rings is 2. The van der Waals surface area contributed by atoms with E-state index in [0.717, 1.165) is 17.8 Å².